The van der Waals surface area contributed by atoms with Crippen LogP contribution in [-0.2, 0) is 22.3 Å². The minimum absolute atomic E-state index is 0.136. The molecule has 0 bridgehead atoms. The maximum atomic E-state index is 12.7. The molecule has 0 aliphatic carbocycles. The smallest absolute Gasteiger partial charge is 0.339 e. The second-order valence-corrected chi connectivity index (χ2v) is 9.68. The summed E-state index contributed by atoms with van der Waals surface area (Å²) in [6.45, 7) is 5.09. The SMILES string of the molecule is Cn1c(=O)c2ccccc2n2c(CSc3ccccc3C(=O)OCC(=O)C(C)(C)C)nnc12. The molecule has 0 unspecified atom stereocenters. The fourth-order valence-electron chi connectivity index (χ4n) is 3.31. The summed E-state index contributed by atoms with van der Waals surface area (Å²) < 4.78 is 8.60. The van der Waals surface area contributed by atoms with E-state index in [0.29, 0.717) is 33.2 Å². The van der Waals surface area contributed by atoms with Crippen molar-refractivity contribution < 1.29 is 14.3 Å². The van der Waals surface area contributed by atoms with E-state index in [-0.39, 0.29) is 17.9 Å². The number of ether oxygens (including phenoxy) is 1. The van der Waals surface area contributed by atoms with E-state index in [1.54, 1.807) is 46.0 Å². The van der Waals surface area contributed by atoms with Crippen molar-refractivity contribution in [1.29, 1.82) is 0 Å². The van der Waals surface area contributed by atoms with Crippen LogP contribution in [0.2, 0.25) is 0 Å². The van der Waals surface area contributed by atoms with Crippen molar-refractivity contribution >= 4 is 40.2 Å². The normalized spacial score (nSPS) is 11.8. The van der Waals surface area contributed by atoms with Gasteiger partial charge in [-0.25, -0.2) is 4.79 Å². The number of rotatable bonds is 6. The van der Waals surface area contributed by atoms with Gasteiger partial charge in [0.25, 0.3) is 5.56 Å². The van der Waals surface area contributed by atoms with Gasteiger partial charge in [-0.15, -0.1) is 22.0 Å². The lowest BCUT2D eigenvalue weighted by Gasteiger charge is -2.16. The zero-order valence-electron chi connectivity index (χ0n) is 18.9. The highest BCUT2D eigenvalue weighted by Gasteiger charge is 2.23. The zero-order chi connectivity index (χ0) is 23.8. The Bertz CT molecular complexity index is 1430. The van der Waals surface area contributed by atoms with E-state index < -0.39 is 11.4 Å². The van der Waals surface area contributed by atoms with Crippen LogP contribution in [0.5, 0.6) is 0 Å². The molecule has 0 aliphatic heterocycles. The summed E-state index contributed by atoms with van der Waals surface area (Å²) in [5.74, 6) is 0.813. The zero-order valence-corrected chi connectivity index (χ0v) is 19.7. The molecule has 170 valence electrons. The lowest BCUT2D eigenvalue weighted by Crippen LogP contribution is -2.26. The third kappa shape index (κ3) is 4.41. The number of nitrogens with zero attached hydrogens (tertiary/aromatic N) is 4. The van der Waals surface area contributed by atoms with Crippen LogP contribution in [-0.4, -0.2) is 37.5 Å². The molecule has 4 aromatic rings. The van der Waals surface area contributed by atoms with Crippen molar-refractivity contribution in [3.8, 4) is 0 Å². The second kappa shape index (κ2) is 8.82. The number of aryl methyl sites for hydroxylation is 1. The van der Waals surface area contributed by atoms with Gasteiger partial charge in [0, 0.05) is 17.4 Å². The topological polar surface area (TPSA) is 95.6 Å². The Balaban J connectivity index is 1.61. The number of carbonyl (C=O) groups excluding carboxylic acids is 2. The summed E-state index contributed by atoms with van der Waals surface area (Å²) in [6.07, 6.45) is 0. The molecule has 0 amide bonds. The molecule has 33 heavy (non-hydrogen) atoms. The molecule has 0 N–H and O–H groups in total. The Morgan fingerprint density at radius 2 is 1.73 bits per heavy atom. The van der Waals surface area contributed by atoms with Crippen LogP contribution < -0.4 is 5.56 Å². The Hall–Kier alpha value is -3.46. The van der Waals surface area contributed by atoms with E-state index in [1.807, 2.05) is 34.7 Å². The number of aromatic nitrogens is 4. The maximum absolute atomic E-state index is 12.7. The molecular formula is C24H24N4O4S. The van der Waals surface area contributed by atoms with Crippen LogP contribution in [0.25, 0.3) is 16.7 Å². The van der Waals surface area contributed by atoms with E-state index in [2.05, 4.69) is 10.2 Å². The molecule has 9 heteroatoms. The van der Waals surface area contributed by atoms with Gasteiger partial charge in [0.05, 0.1) is 22.2 Å². The van der Waals surface area contributed by atoms with Gasteiger partial charge in [0.15, 0.2) is 12.4 Å². The van der Waals surface area contributed by atoms with Gasteiger partial charge in [-0.3, -0.25) is 18.6 Å². The summed E-state index contributed by atoms with van der Waals surface area (Å²) in [4.78, 5) is 38.1. The summed E-state index contributed by atoms with van der Waals surface area (Å²) in [5, 5.41) is 9.07. The van der Waals surface area contributed by atoms with Gasteiger partial charge in [0.1, 0.15) is 5.82 Å². The third-order valence-corrected chi connectivity index (χ3v) is 6.40. The molecule has 2 heterocycles. The predicted octanol–water partition coefficient (Wildman–Crippen LogP) is 3.65. The molecule has 0 fully saturated rings. The summed E-state index contributed by atoms with van der Waals surface area (Å²) >= 11 is 1.41. The highest BCUT2D eigenvalue weighted by molar-refractivity contribution is 7.98. The van der Waals surface area contributed by atoms with Crippen molar-refractivity contribution in [3.63, 3.8) is 0 Å². The van der Waals surface area contributed by atoms with Crippen LogP contribution >= 0.6 is 11.8 Å². The third-order valence-electron chi connectivity index (χ3n) is 5.33. The number of Topliss-reactive ketones (excluding diaryl/α,β-unsaturated/α-hetero) is 1. The Kier molecular flexibility index (Phi) is 6.07. The van der Waals surface area contributed by atoms with Crippen molar-refractivity contribution in [2.75, 3.05) is 6.61 Å². The van der Waals surface area contributed by atoms with E-state index >= 15 is 0 Å². The number of fused-ring (bicyclic) bond motifs is 3. The molecule has 2 aromatic heterocycles. The standard InChI is InChI=1S/C24H24N4O4S/c1-24(2,3)19(29)13-32-22(31)16-10-6-8-12-18(16)33-14-20-25-26-23-27(4)21(30)15-9-5-7-11-17(15)28(20)23/h5-12H,13-14H2,1-4H3. The van der Waals surface area contributed by atoms with Crippen LogP contribution in [0.3, 0.4) is 0 Å². The van der Waals surface area contributed by atoms with Crippen LogP contribution in [0.15, 0.2) is 58.2 Å². The largest absolute Gasteiger partial charge is 0.454 e. The molecular weight excluding hydrogens is 440 g/mol. The van der Waals surface area contributed by atoms with Crippen molar-refractivity contribution in [3.05, 3.63) is 70.3 Å². The summed E-state index contributed by atoms with van der Waals surface area (Å²) in [5.41, 5.74) is 0.397. The number of hydrogen-bond donors (Lipinski definition) is 0. The molecule has 0 saturated carbocycles. The first-order valence-electron chi connectivity index (χ1n) is 10.4. The summed E-state index contributed by atoms with van der Waals surface area (Å²) in [6, 6.07) is 14.4. The van der Waals surface area contributed by atoms with Gasteiger partial charge in [0.2, 0.25) is 5.78 Å². The van der Waals surface area contributed by atoms with E-state index in [0.717, 1.165) is 5.52 Å². The Morgan fingerprint density at radius 3 is 2.48 bits per heavy atom. The second-order valence-electron chi connectivity index (χ2n) is 8.67. The molecule has 8 nitrogen and oxygen atoms in total. The van der Waals surface area contributed by atoms with Crippen molar-refractivity contribution in [2.24, 2.45) is 12.5 Å². The van der Waals surface area contributed by atoms with Gasteiger partial charge in [-0.2, -0.15) is 0 Å². The molecule has 0 radical (unpaired) electrons. The molecule has 4 rings (SSSR count). The average molecular weight is 465 g/mol. The van der Waals surface area contributed by atoms with Gasteiger partial charge < -0.3 is 4.74 Å². The highest BCUT2D eigenvalue weighted by Crippen LogP contribution is 2.27. The number of ketones is 1. The molecule has 2 aromatic carbocycles. The number of para-hydroxylation sites is 1. The number of esters is 1. The fourth-order valence-corrected chi connectivity index (χ4v) is 4.27. The molecule has 0 aliphatic rings. The first kappa shape index (κ1) is 22.7. The minimum atomic E-state index is -0.577. The number of carbonyl (C=O) groups is 2. The van der Waals surface area contributed by atoms with Crippen LogP contribution in [0.4, 0.5) is 0 Å². The summed E-state index contributed by atoms with van der Waals surface area (Å²) in [7, 11) is 1.67. The number of thioether (sulfide) groups is 1. The number of benzene rings is 2. The van der Waals surface area contributed by atoms with E-state index in [1.165, 1.54) is 16.3 Å². The Labute approximate surface area is 194 Å². The quantitative estimate of drug-likeness (QED) is 0.317. The van der Waals surface area contributed by atoms with Gasteiger partial charge in [-0.1, -0.05) is 45.0 Å². The number of hydrogen-bond acceptors (Lipinski definition) is 7. The van der Waals surface area contributed by atoms with E-state index in [9.17, 15) is 14.4 Å². The Morgan fingerprint density at radius 1 is 1.03 bits per heavy atom. The first-order valence-corrected chi connectivity index (χ1v) is 11.4. The minimum Gasteiger partial charge on any atom is -0.454 e. The fraction of sp³-hybridized carbons (Fsp3) is 0.292. The van der Waals surface area contributed by atoms with Gasteiger partial charge >= 0.3 is 5.97 Å². The molecule has 0 atom stereocenters. The average Bonchev–Trinajstić information content (AvgIpc) is 3.23. The predicted molar refractivity (Wildman–Crippen MR) is 126 cm³/mol. The van der Waals surface area contributed by atoms with E-state index in [4.69, 9.17) is 4.74 Å². The lowest BCUT2D eigenvalue weighted by molar-refractivity contribution is -0.129. The van der Waals surface area contributed by atoms with Crippen LogP contribution in [0.1, 0.15) is 37.0 Å². The van der Waals surface area contributed by atoms with Crippen molar-refractivity contribution in [1.82, 2.24) is 19.2 Å². The van der Waals surface area contributed by atoms with Crippen molar-refractivity contribution in [2.45, 2.75) is 31.4 Å². The highest BCUT2D eigenvalue weighted by atomic mass is 32.2. The maximum Gasteiger partial charge on any atom is 0.339 e. The lowest BCUT2D eigenvalue weighted by atomic mass is 9.91. The monoisotopic (exact) mass is 464 g/mol. The van der Waals surface area contributed by atoms with Crippen LogP contribution in [0, 0.1) is 5.41 Å². The van der Waals surface area contributed by atoms with Gasteiger partial charge in [-0.05, 0) is 24.3 Å². The first-order chi connectivity index (χ1) is 15.7. The molecule has 0 saturated heterocycles. The molecule has 0 spiro atoms.